The molecule has 2 aromatic carbocycles. The third kappa shape index (κ3) is 6.16. The van der Waals surface area contributed by atoms with Crippen LogP contribution >= 0.6 is 0 Å². The number of hydrogen-bond acceptors (Lipinski definition) is 12. The van der Waals surface area contributed by atoms with Gasteiger partial charge in [-0.25, -0.2) is 4.98 Å². The predicted octanol–water partition coefficient (Wildman–Crippen LogP) is -0.174. The van der Waals surface area contributed by atoms with Gasteiger partial charge in [-0.1, -0.05) is 60.7 Å². The molecule has 0 aliphatic carbocycles. The maximum atomic E-state index is 12.3. The number of amides is 1. The van der Waals surface area contributed by atoms with Gasteiger partial charge in [0.05, 0.1) is 12.1 Å². The molecule has 0 spiro atoms. The summed E-state index contributed by atoms with van der Waals surface area (Å²) in [6.07, 6.45) is -4.96. The number of imidazole rings is 1. The van der Waals surface area contributed by atoms with E-state index < -0.39 is 36.6 Å². The Morgan fingerprint density at radius 1 is 1.05 bits per heavy atom. The van der Waals surface area contributed by atoms with E-state index in [0.717, 1.165) is 11.1 Å². The zero-order valence-corrected chi connectivity index (χ0v) is 24.1. The largest absolute Gasteiger partial charge is 0.390 e. The number of β-amino-alcohol motifs (C(OH)–C–C–N with tert-alkyl or cyclic N) is 1. The fraction of sp³-hybridized carbons (Fsp3) is 0.400. The molecular weight excluding hydrogens is 568 g/mol. The fourth-order valence-corrected chi connectivity index (χ4v) is 5.46. The van der Waals surface area contributed by atoms with Gasteiger partial charge in [0, 0.05) is 32.1 Å². The number of hydrogen-bond donors (Lipinski definition) is 7. The number of aliphatic hydroxyl groups excluding tert-OH is 3. The highest BCUT2D eigenvalue weighted by molar-refractivity contribution is 5.84. The molecule has 2 unspecified atom stereocenters. The topological polar surface area (TPSA) is 188 Å². The number of rotatable bonds is 11. The van der Waals surface area contributed by atoms with Gasteiger partial charge in [0.25, 0.3) is 12.2 Å². The van der Waals surface area contributed by atoms with E-state index in [9.17, 15) is 20.1 Å². The minimum atomic E-state index is -1.51. The second kappa shape index (κ2) is 13.1. The zero-order chi connectivity index (χ0) is 30.6. The van der Waals surface area contributed by atoms with Crippen molar-refractivity contribution in [3.8, 4) is 0 Å². The number of carbonyl (C=O) groups excluding carboxylic acids is 1. The van der Waals surface area contributed by atoms with Gasteiger partial charge < -0.3 is 46.2 Å². The Labute approximate surface area is 253 Å². The maximum Gasteiger partial charge on any atom is 0.254 e. The van der Waals surface area contributed by atoms with Crippen molar-refractivity contribution in [1.82, 2.24) is 30.3 Å². The highest BCUT2D eigenvalue weighted by Gasteiger charge is 2.48. The number of likely N-dealkylation sites (N-methyl/N-ethyl adjacent to an activating group) is 1. The SMILES string of the molecule is CCNC(=O)[C@H]1O[C@@H](On2cnc3c(NCC(c4ccccc4)c4ccccc4)nc(NC4CNCC4O)nc32)[C@H](O)[C@@H]1O. The lowest BCUT2D eigenvalue weighted by molar-refractivity contribution is -0.171. The summed E-state index contributed by atoms with van der Waals surface area (Å²) in [5.41, 5.74) is 2.87. The summed E-state index contributed by atoms with van der Waals surface area (Å²) in [6.45, 7) is 3.51. The molecule has 14 nitrogen and oxygen atoms in total. The van der Waals surface area contributed by atoms with Crippen LogP contribution in [0.1, 0.15) is 24.0 Å². The fourth-order valence-electron chi connectivity index (χ4n) is 5.46. The van der Waals surface area contributed by atoms with Crippen LogP contribution in [0.5, 0.6) is 0 Å². The van der Waals surface area contributed by atoms with E-state index in [0.29, 0.717) is 37.5 Å². The molecule has 2 saturated heterocycles. The average molecular weight is 605 g/mol. The van der Waals surface area contributed by atoms with Crippen LogP contribution in [0.2, 0.25) is 0 Å². The lowest BCUT2D eigenvalue weighted by Crippen LogP contribution is -2.42. The quantitative estimate of drug-likeness (QED) is 0.120. The standard InChI is InChI=1S/C30H36N8O6/c1-2-32-28(42)25-23(40)24(41)29(43-25)44-38-16-34-22-26(36-30(37-27(22)38)35-20-14-31-15-21(20)39)33-13-19(17-9-5-3-6-10-17)18-11-7-4-8-12-18/h3-12,16,19-21,23-25,29,31,39-41H,2,13-15H2,1H3,(H,32,42)(H2,33,35,36,37)/t20?,21?,23-,24+,25-,29-/m0/s1. The van der Waals surface area contributed by atoms with Crippen LogP contribution in [0.3, 0.4) is 0 Å². The van der Waals surface area contributed by atoms with Gasteiger partial charge in [-0.15, -0.1) is 4.73 Å². The predicted molar refractivity (Wildman–Crippen MR) is 161 cm³/mol. The van der Waals surface area contributed by atoms with Crippen LogP contribution in [0.4, 0.5) is 11.8 Å². The van der Waals surface area contributed by atoms with Crippen molar-refractivity contribution in [2.45, 2.75) is 49.6 Å². The Hall–Kier alpha value is -4.34. The van der Waals surface area contributed by atoms with E-state index in [1.54, 1.807) is 6.92 Å². The molecule has 4 heterocycles. The van der Waals surface area contributed by atoms with Gasteiger partial charge in [-0.3, -0.25) is 4.79 Å². The van der Waals surface area contributed by atoms with Crippen molar-refractivity contribution in [2.75, 3.05) is 36.8 Å². The monoisotopic (exact) mass is 604 g/mol. The Bertz CT molecular complexity index is 1520. The molecule has 4 aromatic rings. The summed E-state index contributed by atoms with van der Waals surface area (Å²) in [4.78, 5) is 32.0. The van der Waals surface area contributed by atoms with Gasteiger partial charge in [-0.2, -0.15) is 9.97 Å². The zero-order valence-electron chi connectivity index (χ0n) is 24.1. The highest BCUT2D eigenvalue weighted by Crippen LogP contribution is 2.28. The van der Waals surface area contributed by atoms with Crippen LogP contribution in [0.15, 0.2) is 67.0 Å². The van der Waals surface area contributed by atoms with E-state index in [1.165, 1.54) is 11.1 Å². The van der Waals surface area contributed by atoms with Gasteiger partial charge in [0.2, 0.25) is 11.6 Å². The Balaban J connectivity index is 1.31. The number of ether oxygens (including phenoxy) is 1. The van der Waals surface area contributed by atoms with Crippen molar-refractivity contribution in [1.29, 1.82) is 0 Å². The highest BCUT2D eigenvalue weighted by atomic mass is 16.8. The molecule has 6 rings (SSSR count). The third-order valence-corrected chi connectivity index (χ3v) is 7.79. The minimum absolute atomic E-state index is 0.00672. The normalized spacial score (nSPS) is 24.9. The van der Waals surface area contributed by atoms with Gasteiger partial charge in [0.1, 0.15) is 18.5 Å². The van der Waals surface area contributed by atoms with Crippen LogP contribution in [0.25, 0.3) is 11.2 Å². The molecule has 232 valence electrons. The molecule has 0 saturated carbocycles. The number of fused-ring (bicyclic) bond motifs is 1. The number of benzene rings is 2. The van der Waals surface area contributed by atoms with Crippen molar-refractivity contribution in [2.24, 2.45) is 0 Å². The van der Waals surface area contributed by atoms with Crippen LogP contribution in [-0.4, -0.2) is 104 Å². The summed E-state index contributed by atoms with van der Waals surface area (Å²) in [5.74, 6) is 0.0799. The summed E-state index contributed by atoms with van der Waals surface area (Å²) >= 11 is 0. The van der Waals surface area contributed by atoms with E-state index in [1.807, 2.05) is 36.4 Å². The first-order chi connectivity index (χ1) is 21.4. The summed E-state index contributed by atoms with van der Waals surface area (Å²) in [6, 6.07) is 20.0. The molecule has 2 aromatic heterocycles. The molecule has 44 heavy (non-hydrogen) atoms. The lowest BCUT2D eigenvalue weighted by atomic mass is 9.91. The summed E-state index contributed by atoms with van der Waals surface area (Å²) < 4.78 is 6.79. The number of nitrogens with zero attached hydrogens (tertiary/aromatic N) is 4. The van der Waals surface area contributed by atoms with E-state index >= 15 is 0 Å². The summed E-state index contributed by atoms with van der Waals surface area (Å²) in [7, 11) is 0. The molecule has 0 bridgehead atoms. The van der Waals surface area contributed by atoms with Gasteiger partial charge in [0.15, 0.2) is 17.4 Å². The molecule has 6 atom stereocenters. The number of carbonyl (C=O) groups is 1. The van der Waals surface area contributed by atoms with Crippen LogP contribution in [-0.2, 0) is 9.53 Å². The maximum absolute atomic E-state index is 12.3. The molecule has 14 heteroatoms. The number of anilines is 2. The minimum Gasteiger partial charge on any atom is -0.390 e. The number of nitrogens with one attached hydrogen (secondary N) is 4. The van der Waals surface area contributed by atoms with Crippen molar-refractivity contribution < 1.29 is 29.7 Å². The van der Waals surface area contributed by atoms with Gasteiger partial charge >= 0.3 is 0 Å². The van der Waals surface area contributed by atoms with Crippen molar-refractivity contribution in [3.05, 3.63) is 78.1 Å². The lowest BCUT2D eigenvalue weighted by Gasteiger charge is -2.21. The number of aromatic nitrogens is 4. The van der Waals surface area contributed by atoms with Gasteiger partial charge in [-0.05, 0) is 18.1 Å². The molecule has 1 amide bonds. The van der Waals surface area contributed by atoms with E-state index in [4.69, 9.17) is 14.6 Å². The van der Waals surface area contributed by atoms with Crippen molar-refractivity contribution in [3.63, 3.8) is 0 Å². The third-order valence-electron chi connectivity index (χ3n) is 7.79. The first-order valence-electron chi connectivity index (χ1n) is 14.6. The molecule has 2 fully saturated rings. The molecule has 7 N–H and O–H groups in total. The van der Waals surface area contributed by atoms with E-state index in [-0.39, 0.29) is 23.6 Å². The first-order valence-corrected chi connectivity index (χ1v) is 14.6. The second-order valence-corrected chi connectivity index (χ2v) is 10.8. The molecule has 0 radical (unpaired) electrons. The molecule has 2 aliphatic rings. The smallest absolute Gasteiger partial charge is 0.254 e. The van der Waals surface area contributed by atoms with Crippen molar-refractivity contribution >= 4 is 28.8 Å². The van der Waals surface area contributed by atoms with Crippen LogP contribution in [0, 0.1) is 0 Å². The summed E-state index contributed by atoms with van der Waals surface area (Å²) in [5, 5.41) is 43.8. The first kappa shape index (κ1) is 29.7. The Morgan fingerprint density at radius 2 is 1.75 bits per heavy atom. The second-order valence-electron chi connectivity index (χ2n) is 10.8. The van der Waals surface area contributed by atoms with E-state index in [2.05, 4.69) is 55.5 Å². The number of aliphatic hydroxyl groups is 3. The average Bonchev–Trinajstić information content (AvgIpc) is 3.72. The molecular formula is C30H36N8O6. The molecule has 2 aliphatic heterocycles. The van der Waals surface area contributed by atoms with Crippen LogP contribution < -0.4 is 26.1 Å². The Morgan fingerprint density at radius 3 is 2.39 bits per heavy atom. The Kier molecular flexibility index (Phi) is 8.86.